The zero-order chi connectivity index (χ0) is 24.2. The van der Waals surface area contributed by atoms with Crippen molar-refractivity contribution in [1.29, 1.82) is 0 Å². The number of hydrogen-bond donors (Lipinski definition) is 1. The van der Waals surface area contributed by atoms with E-state index < -0.39 is 17.6 Å². The first-order valence-electron chi connectivity index (χ1n) is 10.5. The number of hydrogen-bond acceptors (Lipinski definition) is 3. The zero-order valence-electron chi connectivity index (χ0n) is 19.0. The van der Waals surface area contributed by atoms with Gasteiger partial charge in [0.1, 0.15) is 18.1 Å². The van der Waals surface area contributed by atoms with Crippen molar-refractivity contribution in [2.45, 2.75) is 40.5 Å². The highest BCUT2D eigenvalue weighted by atomic mass is 19.4. The molecule has 1 N–H and O–H groups in total. The maximum atomic E-state index is 13.0. The van der Waals surface area contributed by atoms with Gasteiger partial charge in [-0.3, -0.25) is 4.79 Å². The Kier molecular flexibility index (Phi) is 7.31. The smallest absolute Gasteiger partial charge is 0.416 e. The topological polar surface area (TPSA) is 47.6 Å². The number of anilines is 1. The van der Waals surface area contributed by atoms with E-state index in [-0.39, 0.29) is 17.9 Å². The standard InChI is InChI=1S/C26H26F3NO3/c1-5-32-23-10-9-19(25(31)30-22-8-6-7-21(14-22)26(27,28)29)13-20(23)15-33-24-12-16(2)11-17(3)18(24)4/h6-14H,5,15H2,1-4H3,(H,30,31). The Morgan fingerprint density at radius 1 is 0.939 bits per heavy atom. The van der Waals surface area contributed by atoms with Gasteiger partial charge in [-0.2, -0.15) is 13.2 Å². The van der Waals surface area contributed by atoms with E-state index in [9.17, 15) is 18.0 Å². The molecule has 0 bridgehead atoms. The third-order valence-corrected chi connectivity index (χ3v) is 5.22. The van der Waals surface area contributed by atoms with Gasteiger partial charge in [-0.05, 0) is 86.8 Å². The summed E-state index contributed by atoms with van der Waals surface area (Å²) in [5.74, 6) is 0.796. The highest BCUT2D eigenvalue weighted by molar-refractivity contribution is 6.04. The van der Waals surface area contributed by atoms with E-state index in [0.717, 1.165) is 34.6 Å². The minimum absolute atomic E-state index is 0.0624. The van der Waals surface area contributed by atoms with Crippen molar-refractivity contribution < 1.29 is 27.4 Å². The average Bonchev–Trinajstić information content (AvgIpc) is 2.75. The Bertz CT molecular complexity index is 1160. The van der Waals surface area contributed by atoms with Crippen LogP contribution in [0, 0.1) is 20.8 Å². The molecule has 0 fully saturated rings. The first-order chi connectivity index (χ1) is 15.6. The van der Waals surface area contributed by atoms with Crippen LogP contribution in [0.5, 0.6) is 11.5 Å². The van der Waals surface area contributed by atoms with Crippen LogP contribution in [0.1, 0.15) is 45.1 Å². The van der Waals surface area contributed by atoms with Gasteiger partial charge in [0.25, 0.3) is 5.91 Å². The number of nitrogens with one attached hydrogen (secondary N) is 1. The van der Waals surface area contributed by atoms with Crippen LogP contribution in [-0.4, -0.2) is 12.5 Å². The van der Waals surface area contributed by atoms with E-state index in [0.29, 0.717) is 17.9 Å². The lowest BCUT2D eigenvalue weighted by Crippen LogP contribution is -2.14. The van der Waals surface area contributed by atoms with Crippen LogP contribution in [0.15, 0.2) is 54.6 Å². The van der Waals surface area contributed by atoms with Gasteiger partial charge < -0.3 is 14.8 Å². The summed E-state index contributed by atoms with van der Waals surface area (Å²) in [7, 11) is 0. The van der Waals surface area contributed by atoms with Crippen molar-refractivity contribution >= 4 is 11.6 Å². The second kappa shape index (κ2) is 9.98. The van der Waals surface area contributed by atoms with Crippen LogP contribution in [0.25, 0.3) is 0 Å². The Morgan fingerprint density at radius 3 is 2.39 bits per heavy atom. The molecule has 3 aromatic rings. The molecule has 174 valence electrons. The van der Waals surface area contributed by atoms with E-state index in [1.165, 1.54) is 12.1 Å². The molecule has 0 aromatic heterocycles. The molecule has 33 heavy (non-hydrogen) atoms. The fourth-order valence-corrected chi connectivity index (χ4v) is 3.41. The Labute approximate surface area is 191 Å². The van der Waals surface area contributed by atoms with E-state index in [2.05, 4.69) is 11.4 Å². The van der Waals surface area contributed by atoms with Gasteiger partial charge in [-0.1, -0.05) is 12.1 Å². The molecule has 0 atom stereocenters. The molecule has 4 nitrogen and oxygen atoms in total. The summed E-state index contributed by atoms with van der Waals surface area (Å²) in [6.45, 7) is 8.44. The predicted octanol–water partition coefficient (Wildman–Crippen LogP) is 6.86. The second-order valence-corrected chi connectivity index (χ2v) is 7.78. The molecule has 0 aliphatic heterocycles. The van der Waals surface area contributed by atoms with Crippen molar-refractivity contribution in [2.75, 3.05) is 11.9 Å². The molecule has 0 spiro atoms. The summed E-state index contributed by atoms with van der Waals surface area (Å²) in [5.41, 5.74) is 3.39. The molecule has 7 heteroatoms. The van der Waals surface area contributed by atoms with Gasteiger partial charge in [0.05, 0.1) is 12.2 Å². The van der Waals surface area contributed by atoms with Gasteiger partial charge >= 0.3 is 6.18 Å². The van der Waals surface area contributed by atoms with E-state index in [1.54, 1.807) is 18.2 Å². The molecular weight excluding hydrogens is 431 g/mol. The van der Waals surface area contributed by atoms with Crippen molar-refractivity contribution in [3.05, 3.63) is 88.0 Å². The normalized spacial score (nSPS) is 11.2. The summed E-state index contributed by atoms with van der Waals surface area (Å²) < 4.78 is 50.6. The predicted molar refractivity (Wildman–Crippen MR) is 122 cm³/mol. The quantitative estimate of drug-likeness (QED) is 0.422. The Hall–Kier alpha value is -3.48. The summed E-state index contributed by atoms with van der Waals surface area (Å²) in [4.78, 5) is 12.7. The molecule has 0 aliphatic carbocycles. The number of alkyl halides is 3. The lowest BCUT2D eigenvalue weighted by molar-refractivity contribution is -0.137. The van der Waals surface area contributed by atoms with Crippen LogP contribution in [0.4, 0.5) is 18.9 Å². The summed E-state index contributed by atoms with van der Waals surface area (Å²) in [5, 5.41) is 2.53. The van der Waals surface area contributed by atoms with Crippen molar-refractivity contribution in [3.63, 3.8) is 0 Å². The van der Waals surface area contributed by atoms with Crippen LogP contribution in [0.3, 0.4) is 0 Å². The average molecular weight is 457 g/mol. The van der Waals surface area contributed by atoms with Crippen LogP contribution >= 0.6 is 0 Å². The van der Waals surface area contributed by atoms with Gasteiger partial charge in [0.15, 0.2) is 0 Å². The molecule has 0 saturated carbocycles. The molecule has 3 aromatic carbocycles. The maximum Gasteiger partial charge on any atom is 0.416 e. The number of amides is 1. The minimum atomic E-state index is -4.49. The van der Waals surface area contributed by atoms with Gasteiger partial charge in [0, 0.05) is 16.8 Å². The fourth-order valence-electron chi connectivity index (χ4n) is 3.41. The fraction of sp³-hybridized carbons (Fsp3) is 0.269. The molecular formula is C26H26F3NO3. The van der Waals surface area contributed by atoms with Crippen molar-refractivity contribution in [1.82, 2.24) is 0 Å². The minimum Gasteiger partial charge on any atom is -0.493 e. The Balaban J connectivity index is 1.83. The summed E-state index contributed by atoms with van der Waals surface area (Å²) in [6, 6.07) is 13.4. The molecule has 0 radical (unpaired) electrons. The molecule has 0 unspecified atom stereocenters. The maximum absolute atomic E-state index is 13.0. The molecule has 3 rings (SSSR count). The summed E-state index contributed by atoms with van der Waals surface area (Å²) >= 11 is 0. The lowest BCUT2D eigenvalue weighted by atomic mass is 10.1. The van der Waals surface area contributed by atoms with Crippen LogP contribution in [0.2, 0.25) is 0 Å². The number of benzene rings is 3. The van der Waals surface area contributed by atoms with Crippen molar-refractivity contribution in [2.24, 2.45) is 0 Å². The largest absolute Gasteiger partial charge is 0.493 e. The van der Waals surface area contributed by atoms with Crippen molar-refractivity contribution in [3.8, 4) is 11.5 Å². The third-order valence-electron chi connectivity index (χ3n) is 5.22. The second-order valence-electron chi connectivity index (χ2n) is 7.78. The molecule has 0 heterocycles. The van der Waals surface area contributed by atoms with Gasteiger partial charge in [-0.15, -0.1) is 0 Å². The van der Waals surface area contributed by atoms with Crippen LogP contribution < -0.4 is 14.8 Å². The number of halogens is 3. The highest BCUT2D eigenvalue weighted by Crippen LogP contribution is 2.31. The number of rotatable bonds is 7. The number of aryl methyl sites for hydroxylation is 2. The third kappa shape index (κ3) is 6.06. The Morgan fingerprint density at radius 2 is 1.70 bits per heavy atom. The highest BCUT2D eigenvalue weighted by Gasteiger charge is 2.30. The first kappa shape index (κ1) is 24.2. The SMILES string of the molecule is CCOc1ccc(C(=O)Nc2cccc(C(F)(F)F)c2)cc1COc1cc(C)cc(C)c1C. The van der Waals surface area contributed by atoms with Gasteiger partial charge in [-0.25, -0.2) is 0 Å². The van der Waals surface area contributed by atoms with Gasteiger partial charge in [0.2, 0.25) is 0 Å². The number of ether oxygens (including phenoxy) is 2. The monoisotopic (exact) mass is 457 g/mol. The van der Waals surface area contributed by atoms with E-state index in [4.69, 9.17) is 9.47 Å². The number of carbonyl (C=O) groups is 1. The lowest BCUT2D eigenvalue weighted by Gasteiger charge is -2.16. The van der Waals surface area contributed by atoms with E-state index >= 15 is 0 Å². The zero-order valence-corrected chi connectivity index (χ0v) is 19.0. The van der Waals surface area contributed by atoms with E-state index in [1.807, 2.05) is 33.8 Å². The summed E-state index contributed by atoms with van der Waals surface area (Å²) in [6.07, 6.45) is -4.49. The van der Waals surface area contributed by atoms with Crippen LogP contribution in [-0.2, 0) is 12.8 Å². The number of carbonyl (C=O) groups excluding carboxylic acids is 1. The first-order valence-corrected chi connectivity index (χ1v) is 10.5. The molecule has 0 saturated heterocycles. The molecule has 1 amide bonds. The molecule has 0 aliphatic rings.